The van der Waals surface area contributed by atoms with Crippen molar-refractivity contribution in [3.8, 4) is 0 Å². The highest BCUT2D eigenvalue weighted by molar-refractivity contribution is 5.80. The molecule has 0 spiro atoms. The fourth-order valence-corrected chi connectivity index (χ4v) is 2.62. The van der Waals surface area contributed by atoms with Crippen LogP contribution in [-0.4, -0.2) is 36.2 Å². The fourth-order valence-electron chi connectivity index (χ4n) is 2.62. The van der Waals surface area contributed by atoms with Gasteiger partial charge in [0.1, 0.15) is 0 Å². The van der Waals surface area contributed by atoms with Gasteiger partial charge in [-0.05, 0) is 23.9 Å². The number of H-pyrrole nitrogens is 1. The van der Waals surface area contributed by atoms with E-state index in [9.17, 15) is 4.79 Å². The number of amides is 1. The number of benzene rings is 1. The minimum Gasteiger partial charge on any atom is -0.453 e. The number of carbonyl (C=O) groups is 1. The molecule has 4 heteroatoms. The van der Waals surface area contributed by atoms with Gasteiger partial charge in [0.2, 0.25) is 0 Å². The number of nitrogens with zero attached hydrogens (tertiary/aromatic N) is 1. The van der Waals surface area contributed by atoms with Gasteiger partial charge < -0.3 is 14.6 Å². The molecule has 1 N–H and O–H groups in total. The molecule has 1 fully saturated rings. The minimum absolute atomic E-state index is 0.228. The maximum atomic E-state index is 11.5. The van der Waals surface area contributed by atoms with E-state index in [1.807, 2.05) is 12.1 Å². The second kappa shape index (κ2) is 4.37. The molecule has 0 radical (unpaired) electrons. The Morgan fingerprint density at radius 3 is 3.06 bits per heavy atom. The van der Waals surface area contributed by atoms with Crippen molar-refractivity contribution >= 4 is 17.0 Å². The highest BCUT2D eigenvalue weighted by Crippen LogP contribution is 2.29. The Balaban J connectivity index is 1.82. The van der Waals surface area contributed by atoms with Crippen molar-refractivity contribution in [1.82, 2.24) is 9.88 Å². The van der Waals surface area contributed by atoms with E-state index in [0.29, 0.717) is 5.92 Å². The summed E-state index contributed by atoms with van der Waals surface area (Å²) < 4.78 is 4.75. The number of methoxy groups -OCH3 is 1. The number of fused-ring (bicyclic) bond motifs is 1. The molecule has 18 heavy (non-hydrogen) atoms. The molecule has 1 atom stereocenters. The summed E-state index contributed by atoms with van der Waals surface area (Å²) in [5.74, 6) is 0.386. The van der Waals surface area contributed by atoms with E-state index in [1.54, 1.807) is 4.90 Å². The highest BCUT2D eigenvalue weighted by Gasteiger charge is 2.28. The average Bonchev–Trinajstić information content (AvgIpc) is 3.03. The lowest BCUT2D eigenvalue weighted by atomic mass is 10.1. The van der Waals surface area contributed by atoms with Gasteiger partial charge >= 0.3 is 6.09 Å². The molecule has 2 heterocycles. The van der Waals surface area contributed by atoms with Crippen molar-refractivity contribution in [1.29, 1.82) is 0 Å². The number of para-hydroxylation sites is 1. The number of aromatic nitrogens is 1. The van der Waals surface area contributed by atoms with Crippen LogP contribution < -0.4 is 0 Å². The molecular weight excluding hydrogens is 228 g/mol. The number of carbonyl (C=O) groups excluding carboxylic acids is 1. The quantitative estimate of drug-likeness (QED) is 0.838. The molecule has 1 amide bonds. The number of rotatable bonds is 1. The molecule has 1 saturated heterocycles. The SMILES string of the molecule is COC(=O)N1CCC(c2cc3ccccc3[nH]2)C1. The zero-order chi connectivity index (χ0) is 12.5. The van der Waals surface area contributed by atoms with E-state index in [-0.39, 0.29) is 6.09 Å². The molecule has 1 aliphatic heterocycles. The van der Waals surface area contributed by atoms with Gasteiger partial charge in [0.15, 0.2) is 0 Å². The highest BCUT2D eigenvalue weighted by atomic mass is 16.5. The Bertz CT molecular complexity index is 543. The first-order chi connectivity index (χ1) is 8.78. The van der Waals surface area contributed by atoms with Crippen LogP contribution in [0.1, 0.15) is 18.0 Å². The molecule has 1 unspecified atom stereocenters. The number of nitrogens with one attached hydrogen (secondary N) is 1. The summed E-state index contributed by atoms with van der Waals surface area (Å²) in [6.45, 7) is 1.51. The van der Waals surface area contributed by atoms with Crippen LogP contribution in [0.3, 0.4) is 0 Å². The zero-order valence-electron chi connectivity index (χ0n) is 10.3. The van der Waals surface area contributed by atoms with Crippen molar-refractivity contribution in [2.75, 3.05) is 20.2 Å². The van der Waals surface area contributed by atoms with E-state index in [2.05, 4.69) is 23.2 Å². The van der Waals surface area contributed by atoms with Crippen LogP contribution in [-0.2, 0) is 4.74 Å². The molecule has 0 bridgehead atoms. The van der Waals surface area contributed by atoms with Gasteiger partial charge in [0.05, 0.1) is 7.11 Å². The van der Waals surface area contributed by atoms with Gasteiger partial charge in [-0.2, -0.15) is 0 Å². The van der Waals surface area contributed by atoms with Crippen molar-refractivity contribution in [3.05, 3.63) is 36.0 Å². The maximum Gasteiger partial charge on any atom is 0.409 e. The van der Waals surface area contributed by atoms with E-state index in [0.717, 1.165) is 25.0 Å². The molecule has 3 rings (SSSR count). The lowest BCUT2D eigenvalue weighted by Gasteiger charge is -2.13. The first kappa shape index (κ1) is 11.1. The van der Waals surface area contributed by atoms with E-state index in [1.165, 1.54) is 18.2 Å². The lowest BCUT2D eigenvalue weighted by Crippen LogP contribution is -2.28. The van der Waals surface area contributed by atoms with Crippen LogP contribution in [0.5, 0.6) is 0 Å². The third-order valence-corrected chi connectivity index (χ3v) is 3.61. The molecule has 1 aromatic heterocycles. The van der Waals surface area contributed by atoms with Gasteiger partial charge in [-0.25, -0.2) is 4.79 Å². The predicted octanol–water partition coefficient (Wildman–Crippen LogP) is 2.72. The van der Waals surface area contributed by atoms with Gasteiger partial charge in [-0.1, -0.05) is 18.2 Å². The predicted molar refractivity (Wildman–Crippen MR) is 69.6 cm³/mol. The second-order valence-electron chi connectivity index (χ2n) is 4.71. The van der Waals surface area contributed by atoms with E-state index in [4.69, 9.17) is 4.74 Å². The number of ether oxygens (including phenoxy) is 1. The Hall–Kier alpha value is -1.97. The lowest BCUT2D eigenvalue weighted by molar-refractivity contribution is 0.132. The molecule has 2 aromatic rings. The second-order valence-corrected chi connectivity index (χ2v) is 4.71. The van der Waals surface area contributed by atoms with Crippen LogP contribution in [0.25, 0.3) is 10.9 Å². The monoisotopic (exact) mass is 244 g/mol. The Labute approximate surface area is 106 Å². The molecular formula is C14H16N2O2. The standard InChI is InChI=1S/C14H16N2O2/c1-18-14(17)16-7-6-11(9-16)13-8-10-4-2-3-5-12(10)15-13/h2-5,8,11,15H,6-7,9H2,1H3. The van der Waals surface area contributed by atoms with Crippen molar-refractivity contribution < 1.29 is 9.53 Å². The van der Waals surface area contributed by atoms with Crippen molar-refractivity contribution in [2.45, 2.75) is 12.3 Å². The summed E-state index contributed by atoms with van der Waals surface area (Å²) in [4.78, 5) is 16.7. The summed E-state index contributed by atoms with van der Waals surface area (Å²) in [5, 5.41) is 1.23. The Morgan fingerprint density at radius 1 is 1.44 bits per heavy atom. The van der Waals surface area contributed by atoms with Gasteiger partial charge in [-0.3, -0.25) is 0 Å². The number of aromatic amines is 1. The average molecular weight is 244 g/mol. The number of hydrogen-bond acceptors (Lipinski definition) is 2. The molecule has 94 valence electrons. The molecule has 4 nitrogen and oxygen atoms in total. The zero-order valence-corrected chi connectivity index (χ0v) is 10.3. The first-order valence-electron chi connectivity index (χ1n) is 6.18. The fraction of sp³-hybridized carbons (Fsp3) is 0.357. The van der Waals surface area contributed by atoms with Crippen LogP contribution >= 0.6 is 0 Å². The van der Waals surface area contributed by atoms with Crippen molar-refractivity contribution in [2.24, 2.45) is 0 Å². The summed E-state index contributed by atoms with van der Waals surface area (Å²) in [6, 6.07) is 10.4. The Kier molecular flexibility index (Phi) is 2.70. The van der Waals surface area contributed by atoms with Crippen LogP contribution in [0.15, 0.2) is 30.3 Å². The molecule has 0 saturated carbocycles. The summed E-state index contributed by atoms with van der Waals surface area (Å²) in [6.07, 6.45) is 0.760. The van der Waals surface area contributed by atoms with E-state index < -0.39 is 0 Å². The van der Waals surface area contributed by atoms with Gasteiger partial charge in [0.25, 0.3) is 0 Å². The normalized spacial score (nSPS) is 19.4. The molecule has 1 aromatic carbocycles. The number of hydrogen-bond donors (Lipinski definition) is 1. The minimum atomic E-state index is -0.228. The largest absolute Gasteiger partial charge is 0.453 e. The summed E-state index contributed by atoms with van der Waals surface area (Å²) in [7, 11) is 1.43. The van der Waals surface area contributed by atoms with Crippen LogP contribution in [0.4, 0.5) is 4.79 Å². The third-order valence-electron chi connectivity index (χ3n) is 3.61. The van der Waals surface area contributed by atoms with Crippen LogP contribution in [0.2, 0.25) is 0 Å². The van der Waals surface area contributed by atoms with Gasteiger partial charge in [0, 0.05) is 30.2 Å². The van der Waals surface area contributed by atoms with Gasteiger partial charge in [-0.15, -0.1) is 0 Å². The maximum absolute atomic E-state index is 11.5. The number of likely N-dealkylation sites (tertiary alicyclic amines) is 1. The third kappa shape index (κ3) is 1.83. The van der Waals surface area contributed by atoms with Crippen LogP contribution in [0, 0.1) is 0 Å². The summed E-state index contributed by atoms with van der Waals surface area (Å²) >= 11 is 0. The topological polar surface area (TPSA) is 45.3 Å². The molecule has 0 aliphatic carbocycles. The first-order valence-corrected chi connectivity index (χ1v) is 6.18. The van der Waals surface area contributed by atoms with E-state index >= 15 is 0 Å². The molecule has 1 aliphatic rings. The smallest absolute Gasteiger partial charge is 0.409 e. The summed E-state index contributed by atoms with van der Waals surface area (Å²) in [5.41, 5.74) is 2.37. The Morgan fingerprint density at radius 2 is 2.28 bits per heavy atom. The van der Waals surface area contributed by atoms with Crippen molar-refractivity contribution in [3.63, 3.8) is 0 Å².